The highest BCUT2D eigenvalue weighted by Crippen LogP contribution is 2.41. The highest BCUT2D eigenvalue weighted by atomic mass is 35.5. The summed E-state index contributed by atoms with van der Waals surface area (Å²) >= 11 is 13.7. The van der Waals surface area contributed by atoms with E-state index < -0.39 is 17.4 Å². The van der Waals surface area contributed by atoms with Crippen LogP contribution >= 0.6 is 23.2 Å². The average molecular weight is 623 g/mol. The van der Waals surface area contributed by atoms with E-state index in [1.54, 1.807) is 25.3 Å². The van der Waals surface area contributed by atoms with Crippen molar-refractivity contribution < 1.29 is 19.4 Å². The van der Waals surface area contributed by atoms with Crippen molar-refractivity contribution in [3.05, 3.63) is 92.3 Å². The highest BCUT2D eigenvalue weighted by Gasteiger charge is 2.28. The summed E-state index contributed by atoms with van der Waals surface area (Å²) in [5.74, 6) is -0.981. The van der Waals surface area contributed by atoms with Crippen molar-refractivity contribution in [2.24, 2.45) is 7.05 Å². The fourth-order valence-corrected chi connectivity index (χ4v) is 5.91. The predicted molar refractivity (Wildman–Crippen MR) is 165 cm³/mol. The summed E-state index contributed by atoms with van der Waals surface area (Å²) in [6.07, 6.45) is 3.27. The number of carboxylic acids is 1. The second kappa shape index (κ2) is 12.9. The largest absolute Gasteiger partial charge is 0.481 e. The number of hydrogen-bond acceptors (Lipinski definition) is 7. The van der Waals surface area contributed by atoms with E-state index in [0.717, 1.165) is 29.6 Å². The number of anilines is 1. The molecule has 2 N–H and O–H groups in total. The minimum atomic E-state index is -0.806. The molecule has 1 saturated heterocycles. The number of nitrogens with zero attached hydrogens (tertiary/aromatic N) is 4. The molecule has 2 aromatic heterocycles. The van der Waals surface area contributed by atoms with Crippen molar-refractivity contribution in [2.75, 3.05) is 19.0 Å². The molecule has 222 valence electrons. The molecule has 1 atom stereocenters. The molecule has 1 fully saturated rings. The van der Waals surface area contributed by atoms with Gasteiger partial charge in [0.2, 0.25) is 5.88 Å². The number of carboxylic acid groups (broad SMARTS) is 1. The van der Waals surface area contributed by atoms with Crippen LogP contribution in [-0.2, 0) is 18.4 Å². The van der Waals surface area contributed by atoms with Crippen LogP contribution in [0.25, 0.3) is 22.4 Å². The topological polar surface area (TPSA) is 127 Å². The summed E-state index contributed by atoms with van der Waals surface area (Å²) in [4.78, 5) is 43.4. The quantitative estimate of drug-likeness (QED) is 0.250. The average Bonchev–Trinajstić information content (AvgIpc) is 3.41. The van der Waals surface area contributed by atoms with Crippen molar-refractivity contribution in [2.45, 2.75) is 31.8 Å². The maximum absolute atomic E-state index is 12.9. The number of halogens is 2. The number of benzene rings is 2. The molecular weight excluding hydrogens is 593 g/mol. The zero-order chi connectivity index (χ0) is 30.7. The van der Waals surface area contributed by atoms with Gasteiger partial charge in [-0.1, -0.05) is 59.6 Å². The van der Waals surface area contributed by atoms with Crippen LogP contribution in [0.5, 0.6) is 5.88 Å². The molecule has 1 aliphatic rings. The van der Waals surface area contributed by atoms with Crippen molar-refractivity contribution in [3.8, 4) is 28.3 Å². The van der Waals surface area contributed by atoms with Gasteiger partial charge in [0, 0.05) is 48.1 Å². The lowest BCUT2D eigenvalue weighted by atomic mass is 10.00. The van der Waals surface area contributed by atoms with Crippen molar-refractivity contribution in [1.82, 2.24) is 19.7 Å². The molecule has 3 heterocycles. The molecule has 1 aliphatic heterocycles. The van der Waals surface area contributed by atoms with Crippen LogP contribution in [0.15, 0.2) is 65.6 Å². The molecular formula is C31H29Cl2N5O5. The second-order valence-electron chi connectivity index (χ2n) is 10.2. The number of hydrogen-bond donors (Lipinski definition) is 2. The third-order valence-electron chi connectivity index (χ3n) is 7.48. The van der Waals surface area contributed by atoms with Crippen LogP contribution in [0.2, 0.25) is 10.0 Å². The minimum absolute atomic E-state index is 0.0200. The SMILES string of the molecule is COc1nc(-c2cccc(-c3cccc(NC(=O)c4ccnn(C)c4=O)c3Cl)c2Cl)ccc1CN1CCC[C@@H]1CC(=O)O. The molecule has 0 saturated carbocycles. The number of aromatic nitrogens is 3. The number of methoxy groups -OCH3 is 1. The number of ether oxygens (including phenoxy) is 1. The van der Waals surface area contributed by atoms with Gasteiger partial charge in [0.1, 0.15) is 5.56 Å². The Morgan fingerprint density at radius 2 is 1.77 bits per heavy atom. The van der Waals surface area contributed by atoms with E-state index in [2.05, 4.69) is 15.3 Å². The van der Waals surface area contributed by atoms with Crippen LogP contribution in [-0.4, -0.2) is 56.3 Å². The standard InChI is InChI=1S/C31H29Cl2N5O5/c1-37-31(42)23(13-14-34-37)29(41)35-25-10-4-8-21(28(25)33)20-7-3-9-22(27(20)32)24-12-11-18(30(36-24)43-2)17-38-15-5-6-19(38)16-26(39)40/h3-4,7-14,19H,5-6,15-17H2,1-2H3,(H,35,41)(H,39,40)/t19-/m1/s1. The van der Waals surface area contributed by atoms with Crippen LogP contribution < -0.4 is 15.6 Å². The summed E-state index contributed by atoms with van der Waals surface area (Å²) in [5.41, 5.74) is 3.02. The van der Waals surface area contributed by atoms with Gasteiger partial charge in [-0.15, -0.1) is 0 Å². The summed E-state index contributed by atoms with van der Waals surface area (Å²) < 4.78 is 6.71. The molecule has 10 nitrogen and oxygen atoms in total. The third-order valence-corrected chi connectivity index (χ3v) is 8.29. The molecule has 12 heteroatoms. The molecule has 0 bridgehead atoms. The van der Waals surface area contributed by atoms with Gasteiger partial charge in [-0.3, -0.25) is 19.3 Å². The van der Waals surface area contributed by atoms with Crippen LogP contribution in [0.4, 0.5) is 5.69 Å². The molecule has 4 aromatic rings. The molecule has 0 aliphatic carbocycles. The number of amides is 1. The Morgan fingerprint density at radius 1 is 1.05 bits per heavy atom. The van der Waals surface area contributed by atoms with Crippen LogP contribution in [0.3, 0.4) is 0 Å². The zero-order valence-corrected chi connectivity index (χ0v) is 25.0. The number of likely N-dealkylation sites (tertiary alicyclic amines) is 1. The Morgan fingerprint density at radius 3 is 2.51 bits per heavy atom. The lowest BCUT2D eigenvalue weighted by Crippen LogP contribution is -2.31. The van der Waals surface area contributed by atoms with Crippen LogP contribution in [0, 0.1) is 0 Å². The van der Waals surface area contributed by atoms with Crippen molar-refractivity contribution in [1.29, 1.82) is 0 Å². The van der Waals surface area contributed by atoms with E-state index in [1.165, 1.54) is 19.3 Å². The summed E-state index contributed by atoms with van der Waals surface area (Å²) in [6, 6.07) is 15.8. The number of nitrogens with one attached hydrogen (secondary N) is 1. The van der Waals surface area contributed by atoms with Crippen LogP contribution in [0.1, 0.15) is 35.2 Å². The molecule has 0 spiro atoms. The number of carbonyl (C=O) groups is 2. The van der Waals surface area contributed by atoms with Gasteiger partial charge in [0.25, 0.3) is 11.5 Å². The smallest absolute Gasteiger partial charge is 0.304 e. The monoisotopic (exact) mass is 621 g/mol. The van der Waals surface area contributed by atoms with Gasteiger partial charge in [-0.25, -0.2) is 9.67 Å². The third kappa shape index (κ3) is 6.41. The first-order valence-electron chi connectivity index (χ1n) is 13.6. The minimum Gasteiger partial charge on any atom is -0.481 e. The summed E-state index contributed by atoms with van der Waals surface area (Å²) in [6.45, 7) is 1.35. The maximum atomic E-state index is 12.9. The van der Waals surface area contributed by atoms with E-state index in [1.807, 2.05) is 30.3 Å². The van der Waals surface area contributed by atoms with E-state index in [9.17, 15) is 19.5 Å². The van der Waals surface area contributed by atoms with Crippen molar-refractivity contribution >= 4 is 40.8 Å². The van der Waals surface area contributed by atoms with E-state index in [4.69, 9.17) is 32.9 Å². The first-order valence-corrected chi connectivity index (χ1v) is 14.3. The lowest BCUT2D eigenvalue weighted by molar-refractivity contribution is -0.138. The predicted octanol–water partition coefficient (Wildman–Crippen LogP) is 5.52. The number of aliphatic carboxylic acids is 1. The first kappa shape index (κ1) is 30.2. The number of pyridine rings is 1. The highest BCUT2D eigenvalue weighted by molar-refractivity contribution is 6.39. The Bertz CT molecular complexity index is 1760. The lowest BCUT2D eigenvalue weighted by Gasteiger charge is -2.24. The second-order valence-corrected chi connectivity index (χ2v) is 10.9. The Labute approximate surface area is 257 Å². The molecule has 5 rings (SSSR count). The summed E-state index contributed by atoms with van der Waals surface area (Å²) in [5, 5.41) is 16.5. The van der Waals surface area contributed by atoms with Gasteiger partial charge < -0.3 is 15.2 Å². The molecule has 1 amide bonds. The van der Waals surface area contributed by atoms with Crippen molar-refractivity contribution in [3.63, 3.8) is 0 Å². The normalized spacial score (nSPS) is 14.9. The zero-order valence-electron chi connectivity index (χ0n) is 23.5. The fraction of sp³-hybridized carbons (Fsp3) is 0.258. The molecule has 2 aromatic carbocycles. The van der Waals surface area contributed by atoms with E-state index >= 15 is 0 Å². The number of carbonyl (C=O) groups excluding carboxylic acids is 1. The first-order chi connectivity index (χ1) is 20.7. The Kier molecular flexibility index (Phi) is 9.10. The molecule has 0 unspecified atom stereocenters. The molecule has 0 radical (unpaired) electrons. The summed E-state index contributed by atoms with van der Waals surface area (Å²) in [7, 11) is 3.01. The van der Waals surface area contributed by atoms with Gasteiger partial charge in [-0.05, 0) is 37.6 Å². The number of rotatable bonds is 9. The van der Waals surface area contributed by atoms with Gasteiger partial charge >= 0.3 is 5.97 Å². The maximum Gasteiger partial charge on any atom is 0.304 e. The molecule has 43 heavy (non-hydrogen) atoms. The van der Waals surface area contributed by atoms with E-state index in [0.29, 0.717) is 45.5 Å². The number of aryl methyl sites for hydroxylation is 1. The fourth-order valence-electron chi connectivity index (χ4n) is 5.31. The van der Waals surface area contributed by atoms with Gasteiger partial charge in [0.15, 0.2) is 0 Å². The van der Waals surface area contributed by atoms with Gasteiger partial charge in [-0.2, -0.15) is 5.10 Å². The Hall–Kier alpha value is -4.25. The van der Waals surface area contributed by atoms with E-state index in [-0.39, 0.29) is 23.0 Å². The Balaban J connectivity index is 1.43. The van der Waals surface area contributed by atoms with Gasteiger partial charge in [0.05, 0.1) is 35.0 Å².